The molecule has 0 spiro atoms. The molecule has 2 amide bonds. The van der Waals surface area contributed by atoms with Gasteiger partial charge in [0.1, 0.15) is 0 Å². The topological polar surface area (TPSA) is 70.2 Å². The van der Waals surface area contributed by atoms with Gasteiger partial charge in [-0.2, -0.15) is 13.2 Å². The standard InChI is InChI=1S/C23H18F3N3O2S/c1-14-4-2-5-16(12-14)21(31)29-22(32)28-18-10-8-15(9-11-18)20(30)27-19-7-3-6-17(13-19)23(24,25)26/h2-13H,1H3,(H,27,30)(H2,28,29,31,32). The van der Waals surface area contributed by atoms with Crippen molar-refractivity contribution in [3.8, 4) is 0 Å². The van der Waals surface area contributed by atoms with Gasteiger partial charge in [0.15, 0.2) is 5.11 Å². The van der Waals surface area contributed by atoms with Crippen molar-refractivity contribution < 1.29 is 22.8 Å². The number of hydrogen-bond donors (Lipinski definition) is 3. The van der Waals surface area contributed by atoms with E-state index in [0.29, 0.717) is 11.3 Å². The Morgan fingerprint density at radius 3 is 2.12 bits per heavy atom. The van der Waals surface area contributed by atoms with Gasteiger partial charge in [0.05, 0.1) is 5.56 Å². The van der Waals surface area contributed by atoms with Crippen LogP contribution in [0.3, 0.4) is 0 Å². The van der Waals surface area contributed by atoms with Crippen LogP contribution in [0.25, 0.3) is 0 Å². The molecule has 32 heavy (non-hydrogen) atoms. The molecule has 0 aromatic heterocycles. The highest BCUT2D eigenvalue weighted by atomic mass is 32.1. The van der Waals surface area contributed by atoms with Crippen molar-refractivity contribution in [1.82, 2.24) is 5.32 Å². The summed E-state index contributed by atoms with van der Waals surface area (Å²) < 4.78 is 38.4. The Bertz CT molecular complexity index is 1160. The van der Waals surface area contributed by atoms with Crippen molar-refractivity contribution in [3.05, 3.63) is 95.1 Å². The van der Waals surface area contributed by atoms with Gasteiger partial charge in [-0.3, -0.25) is 14.9 Å². The van der Waals surface area contributed by atoms with Crippen LogP contribution < -0.4 is 16.0 Å². The summed E-state index contributed by atoms with van der Waals surface area (Å²) in [6.45, 7) is 1.87. The summed E-state index contributed by atoms with van der Waals surface area (Å²) in [5.74, 6) is -0.922. The van der Waals surface area contributed by atoms with Gasteiger partial charge >= 0.3 is 6.18 Å². The molecule has 3 aromatic rings. The van der Waals surface area contributed by atoms with Crippen LogP contribution in [0.2, 0.25) is 0 Å². The number of nitrogens with one attached hydrogen (secondary N) is 3. The van der Waals surface area contributed by atoms with Gasteiger partial charge in [0, 0.05) is 22.5 Å². The minimum atomic E-state index is -4.50. The van der Waals surface area contributed by atoms with Crippen LogP contribution in [0.15, 0.2) is 72.8 Å². The highest BCUT2D eigenvalue weighted by Crippen LogP contribution is 2.30. The fourth-order valence-corrected chi connectivity index (χ4v) is 3.02. The second-order valence-corrected chi connectivity index (χ2v) is 7.30. The molecule has 0 fully saturated rings. The summed E-state index contributed by atoms with van der Waals surface area (Å²) in [4.78, 5) is 24.6. The molecule has 0 unspecified atom stereocenters. The first-order chi connectivity index (χ1) is 15.1. The van der Waals surface area contributed by atoms with Crippen LogP contribution >= 0.6 is 12.2 Å². The number of carbonyl (C=O) groups is 2. The average molecular weight is 457 g/mol. The molecule has 0 aliphatic rings. The van der Waals surface area contributed by atoms with E-state index in [1.54, 1.807) is 30.3 Å². The number of amides is 2. The fraction of sp³-hybridized carbons (Fsp3) is 0.0870. The maximum absolute atomic E-state index is 12.8. The average Bonchev–Trinajstić information content (AvgIpc) is 2.73. The Labute approximate surface area is 187 Å². The van der Waals surface area contributed by atoms with Crippen molar-refractivity contribution in [2.45, 2.75) is 13.1 Å². The molecule has 3 rings (SSSR count). The molecule has 0 heterocycles. The van der Waals surface area contributed by atoms with Crippen LogP contribution in [0, 0.1) is 6.92 Å². The zero-order valence-electron chi connectivity index (χ0n) is 16.8. The van der Waals surface area contributed by atoms with Crippen molar-refractivity contribution >= 4 is 40.5 Å². The van der Waals surface area contributed by atoms with Crippen LogP contribution in [-0.2, 0) is 6.18 Å². The number of hydrogen-bond acceptors (Lipinski definition) is 3. The van der Waals surface area contributed by atoms with Crippen molar-refractivity contribution in [3.63, 3.8) is 0 Å². The minimum Gasteiger partial charge on any atom is -0.332 e. The van der Waals surface area contributed by atoms with Crippen LogP contribution in [0.5, 0.6) is 0 Å². The second kappa shape index (κ2) is 9.61. The number of alkyl halides is 3. The number of rotatable bonds is 4. The lowest BCUT2D eigenvalue weighted by Gasteiger charge is -2.11. The van der Waals surface area contributed by atoms with E-state index in [4.69, 9.17) is 12.2 Å². The molecular formula is C23H18F3N3O2S. The van der Waals surface area contributed by atoms with Crippen molar-refractivity contribution in [1.29, 1.82) is 0 Å². The van der Waals surface area contributed by atoms with Gasteiger partial charge in [0.2, 0.25) is 0 Å². The summed E-state index contributed by atoms with van der Waals surface area (Å²) in [5.41, 5.74) is 1.35. The number of benzene rings is 3. The first kappa shape index (κ1) is 23.0. The highest BCUT2D eigenvalue weighted by Gasteiger charge is 2.30. The number of aryl methyl sites for hydroxylation is 1. The lowest BCUT2D eigenvalue weighted by Crippen LogP contribution is -2.34. The molecule has 0 saturated carbocycles. The Kier molecular flexibility index (Phi) is 6.89. The lowest BCUT2D eigenvalue weighted by molar-refractivity contribution is -0.137. The van der Waals surface area contributed by atoms with Crippen LogP contribution in [0.4, 0.5) is 24.5 Å². The maximum Gasteiger partial charge on any atom is 0.416 e. The highest BCUT2D eigenvalue weighted by molar-refractivity contribution is 7.80. The summed E-state index contributed by atoms with van der Waals surface area (Å²) >= 11 is 5.14. The smallest absolute Gasteiger partial charge is 0.332 e. The predicted octanol–water partition coefficient (Wildman–Crippen LogP) is 5.39. The fourth-order valence-electron chi connectivity index (χ4n) is 2.81. The minimum absolute atomic E-state index is 0.0343. The molecule has 0 radical (unpaired) electrons. The second-order valence-electron chi connectivity index (χ2n) is 6.89. The van der Waals surface area contributed by atoms with Crippen molar-refractivity contribution in [2.75, 3.05) is 10.6 Å². The van der Waals surface area contributed by atoms with Gasteiger partial charge in [-0.1, -0.05) is 23.8 Å². The molecule has 0 saturated heterocycles. The summed E-state index contributed by atoms with van der Waals surface area (Å²) in [6, 6.07) is 17.5. The van der Waals surface area contributed by atoms with E-state index < -0.39 is 17.6 Å². The SMILES string of the molecule is Cc1cccc(C(=O)NC(=S)Nc2ccc(C(=O)Nc3cccc(C(F)(F)F)c3)cc2)c1. The molecule has 0 aliphatic carbocycles. The van der Waals surface area contributed by atoms with E-state index in [1.165, 1.54) is 24.3 Å². The van der Waals surface area contributed by atoms with E-state index in [9.17, 15) is 22.8 Å². The number of halogens is 3. The summed E-state index contributed by atoms with van der Waals surface area (Å²) in [6.07, 6.45) is -4.50. The van der Waals surface area contributed by atoms with Gasteiger partial charge in [0.25, 0.3) is 11.8 Å². The van der Waals surface area contributed by atoms with Crippen LogP contribution in [-0.4, -0.2) is 16.9 Å². The molecular weight excluding hydrogens is 439 g/mol. The molecule has 3 N–H and O–H groups in total. The normalized spacial score (nSPS) is 10.9. The Morgan fingerprint density at radius 1 is 0.781 bits per heavy atom. The zero-order chi connectivity index (χ0) is 23.3. The van der Waals surface area contributed by atoms with E-state index in [1.807, 2.05) is 13.0 Å². The Balaban J connectivity index is 1.59. The molecule has 9 heteroatoms. The summed E-state index contributed by atoms with van der Waals surface area (Å²) in [5, 5.41) is 7.93. The van der Waals surface area contributed by atoms with Gasteiger partial charge < -0.3 is 10.6 Å². The largest absolute Gasteiger partial charge is 0.416 e. The van der Waals surface area contributed by atoms with Gasteiger partial charge in [-0.05, 0) is 73.7 Å². The first-order valence-corrected chi connectivity index (χ1v) is 9.80. The zero-order valence-corrected chi connectivity index (χ0v) is 17.6. The van der Waals surface area contributed by atoms with E-state index in [-0.39, 0.29) is 22.3 Å². The predicted molar refractivity (Wildman–Crippen MR) is 121 cm³/mol. The molecule has 0 bridgehead atoms. The number of thiocarbonyl (C=S) groups is 1. The summed E-state index contributed by atoms with van der Waals surface area (Å²) in [7, 11) is 0. The maximum atomic E-state index is 12.8. The van der Waals surface area contributed by atoms with E-state index >= 15 is 0 Å². The third kappa shape index (κ3) is 6.14. The Hall–Kier alpha value is -3.72. The van der Waals surface area contributed by atoms with Crippen molar-refractivity contribution in [2.24, 2.45) is 0 Å². The van der Waals surface area contributed by atoms with Crippen LogP contribution in [0.1, 0.15) is 31.8 Å². The third-order valence-corrected chi connectivity index (χ3v) is 4.56. The third-order valence-electron chi connectivity index (χ3n) is 4.36. The number of carbonyl (C=O) groups excluding carboxylic acids is 2. The molecule has 164 valence electrons. The first-order valence-electron chi connectivity index (χ1n) is 9.39. The van der Waals surface area contributed by atoms with Gasteiger partial charge in [-0.15, -0.1) is 0 Å². The van der Waals surface area contributed by atoms with Gasteiger partial charge in [-0.25, -0.2) is 0 Å². The molecule has 5 nitrogen and oxygen atoms in total. The monoisotopic (exact) mass is 457 g/mol. The molecule has 3 aromatic carbocycles. The van der Waals surface area contributed by atoms with E-state index in [0.717, 1.165) is 17.7 Å². The lowest BCUT2D eigenvalue weighted by atomic mass is 10.1. The Morgan fingerprint density at radius 2 is 1.47 bits per heavy atom. The molecule has 0 atom stereocenters. The quantitative estimate of drug-likeness (QED) is 0.460. The van der Waals surface area contributed by atoms with E-state index in [2.05, 4.69) is 16.0 Å². The molecule has 0 aliphatic heterocycles. The number of anilines is 2.